The molecule has 2 aromatic rings. The van der Waals surface area contributed by atoms with Gasteiger partial charge in [-0.2, -0.15) is 5.10 Å². The number of H-pyrrole nitrogens is 1. The van der Waals surface area contributed by atoms with Crippen molar-refractivity contribution in [1.29, 1.82) is 0 Å². The first kappa shape index (κ1) is 17.8. The standard InChI is InChI=1S/C18H23N5O3/c1-12-10-16(22-21-12)23-8-6-15(7-9-23)20-18(26)19-11-13-2-4-14(5-3-13)17(24)25/h2-5,10,15H,6-9,11H2,1H3,(H,21,22)(H,24,25)(H2,19,20,26). The summed E-state index contributed by atoms with van der Waals surface area (Å²) in [4.78, 5) is 25.1. The minimum Gasteiger partial charge on any atom is -0.478 e. The second-order valence-corrected chi connectivity index (χ2v) is 6.50. The van der Waals surface area contributed by atoms with Crippen LogP contribution >= 0.6 is 0 Å². The van der Waals surface area contributed by atoms with Crippen LogP contribution in [-0.4, -0.2) is 46.4 Å². The van der Waals surface area contributed by atoms with Crippen molar-refractivity contribution in [3.8, 4) is 0 Å². The number of anilines is 1. The van der Waals surface area contributed by atoms with E-state index in [1.165, 1.54) is 12.1 Å². The van der Waals surface area contributed by atoms with Gasteiger partial charge in [0, 0.05) is 37.4 Å². The van der Waals surface area contributed by atoms with Crippen molar-refractivity contribution in [2.75, 3.05) is 18.0 Å². The molecular weight excluding hydrogens is 334 g/mol. The lowest BCUT2D eigenvalue weighted by Gasteiger charge is -2.32. The van der Waals surface area contributed by atoms with Crippen molar-refractivity contribution >= 4 is 17.8 Å². The van der Waals surface area contributed by atoms with Crippen LogP contribution in [0.2, 0.25) is 0 Å². The smallest absolute Gasteiger partial charge is 0.335 e. The average Bonchev–Trinajstić information content (AvgIpc) is 3.07. The monoisotopic (exact) mass is 357 g/mol. The molecule has 8 nitrogen and oxygen atoms in total. The molecule has 0 unspecified atom stereocenters. The van der Waals surface area contributed by atoms with Crippen LogP contribution in [0.4, 0.5) is 10.6 Å². The van der Waals surface area contributed by atoms with Gasteiger partial charge in [0.05, 0.1) is 5.56 Å². The fraction of sp³-hybridized carbons (Fsp3) is 0.389. The zero-order valence-electron chi connectivity index (χ0n) is 14.7. The number of benzene rings is 1. The minimum absolute atomic E-state index is 0.140. The molecule has 2 heterocycles. The molecule has 1 aromatic heterocycles. The number of urea groups is 1. The fourth-order valence-corrected chi connectivity index (χ4v) is 3.00. The SMILES string of the molecule is Cc1cc(N2CCC(NC(=O)NCc3ccc(C(=O)O)cc3)CC2)n[nH]1. The van der Waals surface area contributed by atoms with Gasteiger partial charge in [-0.1, -0.05) is 12.1 Å². The van der Waals surface area contributed by atoms with Crippen molar-refractivity contribution in [3.05, 3.63) is 47.2 Å². The molecule has 0 aliphatic carbocycles. The van der Waals surface area contributed by atoms with Gasteiger partial charge in [-0.25, -0.2) is 9.59 Å². The maximum absolute atomic E-state index is 12.1. The summed E-state index contributed by atoms with van der Waals surface area (Å²) in [7, 11) is 0. The first-order valence-electron chi connectivity index (χ1n) is 8.65. The zero-order chi connectivity index (χ0) is 18.5. The molecule has 3 rings (SSSR count). The van der Waals surface area contributed by atoms with Crippen LogP contribution in [0.25, 0.3) is 0 Å². The van der Waals surface area contributed by atoms with E-state index in [0.717, 1.165) is 43.0 Å². The van der Waals surface area contributed by atoms with E-state index in [9.17, 15) is 9.59 Å². The van der Waals surface area contributed by atoms with Crippen LogP contribution in [0.3, 0.4) is 0 Å². The molecule has 1 aromatic carbocycles. The van der Waals surface area contributed by atoms with Crippen molar-refractivity contribution in [3.63, 3.8) is 0 Å². The largest absolute Gasteiger partial charge is 0.478 e. The number of carboxylic acids is 1. The van der Waals surface area contributed by atoms with E-state index in [1.54, 1.807) is 12.1 Å². The maximum Gasteiger partial charge on any atom is 0.335 e. The number of aryl methyl sites for hydroxylation is 1. The molecule has 0 saturated carbocycles. The Labute approximate surface area is 151 Å². The van der Waals surface area contributed by atoms with E-state index in [-0.39, 0.29) is 17.6 Å². The molecule has 1 aliphatic rings. The number of aromatic nitrogens is 2. The minimum atomic E-state index is -0.960. The molecule has 2 amide bonds. The van der Waals surface area contributed by atoms with Crippen LogP contribution < -0.4 is 15.5 Å². The molecule has 1 aliphatic heterocycles. The third kappa shape index (κ3) is 4.53. The Hall–Kier alpha value is -3.03. The summed E-state index contributed by atoms with van der Waals surface area (Å²) < 4.78 is 0. The number of carbonyl (C=O) groups is 2. The van der Waals surface area contributed by atoms with E-state index >= 15 is 0 Å². The molecule has 4 N–H and O–H groups in total. The molecule has 138 valence electrons. The van der Waals surface area contributed by atoms with Gasteiger partial charge < -0.3 is 20.6 Å². The first-order chi connectivity index (χ1) is 12.5. The normalized spacial score (nSPS) is 14.9. The van der Waals surface area contributed by atoms with E-state index < -0.39 is 5.97 Å². The summed E-state index contributed by atoms with van der Waals surface area (Å²) in [6.07, 6.45) is 1.74. The van der Waals surface area contributed by atoms with Crippen molar-refractivity contribution in [1.82, 2.24) is 20.8 Å². The summed E-state index contributed by atoms with van der Waals surface area (Å²) >= 11 is 0. The Bertz CT molecular complexity index is 763. The van der Waals surface area contributed by atoms with Gasteiger partial charge >= 0.3 is 12.0 Å². The number of nitrogens with one attached hydrogen (secondary N) is 3. The maximum atomic E-state index is 12.1. The number of carboxylic acid groups (broad SMARTS) is 1. The van der Waals surface area contributed by atoms with E-state index in [2.05, 4.69) is 25.7 Å². The highest BCUT2D eigenvalue weighted by atomic mass is 16.4. The Morgan fingerprint density at radius 2 is 1.96 bits per heavy atom. The number of amides is 2. The summed E-state index contributed by atoms with van der Waals surface area (Å²) in [5.74, 6) is -0.00574. The van der Waals surface area contributed by atoms with E-state index in [1.807, 2.05) is 13.0 Å². The highest BCUT2D eigenvalue weighted by Gasteiger charge is 2.22. The molecule has 8 heteroatoms. The lowest BCUT2D eigenvalue weighted by Crippen LogP contribution is -2.47. The zero-order valence-corrected chi connectivity index (χ0v) is 14.7. The number of aromatic amines is 1. The number of aromatic carboxylic acids is 1. The van der Waals surface area contributed by atoms with Gasteiger partial charge in [0.2, 0.25) is 0 Å². The van der Waals surface area contributed by atoms with Gasteiger partial charge in [0.25, 0.3) is 0 Å². The summed E-state index contributed by atoms with van der Waals surface area (Å²) in [5.41, 5.74) is 2.13. The molecule has 0 spiro atoms. The Balaban J connectivity index is 1.41. The third-order valence-corrected chi connectivity index (χ3v) is 4.50. The van der Waals surface area contributed by atoms with Crippen LogP contribution in [0.5, 0.6) is 0 Å². The lowest BCUT2D eigenvalue weighted by molar-refractivity contribution is 0.0697. The van der Waals surface area contributed by atoms with Crippen molar-refractivity contribution in [2.24, 2.45) is 0 Å². The second kappa shape index (κ2) is 7.90. The number of hydrogen-bond acceptors (Lipinski definition) is 4. The number of nitrogens with zero attached hydrogens (tertiary/aromatic N) is 2. The van der Waals surface area contributed by atoms with Crippen LogP contribution in [-0.2, 0) is 6.54 Å². The van der Waals surface area contributed by atoms with E-state index in [4.69, 9.17) is 5.11 Å². The van der Waals surface area contributed by atoms with Crippen LogP contribution in [0.1, 0.15) is 34.5 Å². The van der Waals surface area contributed by atoms with Crippen molar-refractivity contribution < 1.29 is 14.7 Å². The Kier molecular flexibility index (Phi) is 5.40. The molecule has 1 saturated heterocycles. The second-order valence-electron chi connectivity index (χ2n) is 6.50. The van der Waals surface area contributed by atoms with Crippen LogP contribution in [0, 0.1) is 6.92 Å². The summed E-state index contributed by atoms with van der Waals surface area (Å²) in [6, 6.07) is 8.42. The van der Waals surface area contributed by atoms with E-state index in [0.29, 0.717) is 6.54 Å². The molecule has 0 atom stereocenters. The highest BCUT2D eigenvalue weighted by molar-refractivity contribution is 5.87. The van der Waals surface area contributed by atoms with Gasteiger partial charge in [-0.05, 0) is 37.5 Å². The van der Waals surface area contributed by atoms with Gasteiger partial charge in [-0.15, -0.1) is 0 Å². The molecule has 26 heavy (non-hydrogen) atoms. The number of carbonyl (C=O) groups excluding carboxylic acids is 1. The highest BCUT2D eigenvalue weighted by Crippen LogP contribution is 2.18. The Morgan fingerprint density at radius 3 is 2.54 bits per heavy atom. The fourth-order valence-electron chi connectivity index (χ4n) is 3.00. The number of hydrogen-bond donors (Lipinski definition) is 4. The molecule has 1 fully saturated rings. The van der Waals surface area contributed by atoms with Crippen molar-refractivity contribution in [2.45, 2.75) is 32.4 Å². The number of piperidine rings is 1. The topological polar surface area (TPSA) is 110 Å². The predicted octanol–water partition coefficient (Wildman–Crippen LogP) is 1.88. The van der Waals surface area contributed by atoms with Gasteiger partial charge in [0.15, 0.2) is 5.82 Å². The molecule has 0 bridgehead atoms. The summed E-state index contributed by atoms with van der Waals surface area (Å²) in [6.45, 7) is 4.04. The van der Waals surface area contributed by atoms with Crippen LogP contribution in [0.15, 0.2) is 30.3 Å². The lowest BCUT2D eigenvalue weighted by atomic mass is 10.1. The quantitative estimate of drug-likeness (QED) is 0.653. The summed E-state index contributed by atoms with van der Waals surface area (Å²) in [5, 5.41) is 21.9. The Morgan fingerprint density at radius 1 is 1.27 bits per heavy atom. The van der Waals surface area contributed by atoms with Gasteiger partial charge in [0.1, 0.15) is 0 Å². The third-order valence-electron chi connectivity index (χ3n) is 4.50. The average molecular weight is 357 g/mol. The molecular formula is C18H23N5O3. The first-order valence-corrected chi connectivity index (χ1v) is 8.65. The number of rotatable bonds is 5. The molecule has 0 radical (unpaired) electrons. The predicted molar refractivity (Wildman–Crippen MR) is 97.3 cm³/mol. The van der Waals surface area contributed by atoms with Gasteiger partial charge in [-0.3, -0.25) is 5.10 Å².